The Morgan fingerprint density at radius 2 is 1.49 bits per heavy atom. The topological polar surface area (TPSA) is 80.3 Å². The summed E-state index contributed by atoms with van der Waals surface area (Å²) in [7, 11) is -1.61. The molecule has 35 heavy (non-hydrogen) atoms. The van der Waals surface area contributed by atoms with Crippen molar-refractivity contribution in [1.82, 2.24) is 0 Å². The second kappa shape index (κ2) is 10.6. The van der Waals surface area contributed by atoms with Gasteiger partial charge in [-0.3, -0.25) is 4.79 Å². The average molecular weight is 501 g/mol. The molecule has 1 heterocycles. The molecule has 0 aliphatic carbocycles. The van der Waals surface area contributed by atoms with Gasteiger partial charge < -0.3 is 23.4 Å². The zero-order chi connectivity index (χ0) is 25.9. The van der Waals surface area contributed by atoms with Gasteiger partial charge in [-0.25, -0.2) is 4.79 Å². The fourth-order valence-electron chi connectivity index (χ4n) is 4.76. The highest BCUT2D eigenvalue weighted by Crippen LogP contribution is 2.38. The van der Waals surface area contributed by atoms with Crippen LogP contribution < -0.4 is 10.4 Å². The lowest BCUT2D eigenvalue weighted by Gasteiger charge is -2.43. The second-order valence-electron chi connectivity index (χ2n) is 10.2. The Labute approximate surface area is 208 Å². The van der Waals surface area contributed by atoms with Crippen molar-refractivity contribution in [3.05, 3.63) is 60.7 Å². The van der Waals surface area contributed by atoms with Crippen LogP contribution in [0.1, 0.15) is 41.5 Å². The summed E-state index contributed by atoms with van der Waals surface area (Å²) < 4.78 is 29.4. The summed E-state index contributed by atoms with van der Waals surface area (Å²) >= 11 is 0. The molecule has 190 valence electrons. The molecule has 1 aliphatic rings. The van der Waals surface area contributed by atoms with Crippen LogP contribution in [-0.2, 0) is 33.0 Å². The van der Waals surface area contributed by atoms with Gasteiger partial charge in [0.1, 0.15) is 12.2 Å². The second-order valence-corrected chi connectivity index (χ2v) is 14.5. The van der Waals surface area contributed by atoms with Crippen molar-refractivity contribution in [2.45, 2.75) is 70.7 Å². The van der Waals surface area contributed by atoms with Gasteiger partial charge in [-0.2, -0.15) is 0 Å². The molecule has 8 heteroatoms. The summed E-state index contributed by atoms with van der Waals surface area (Å²) in [6.07, 6.45) is -2.83. The Kier molecular flexibility index (Phi) is 8.21. The molecule has 7 nitrogen and oxygen atoms in total. The molecule has 2 aromatic carbocycles. The van der Waals surface area contributed by atoms with E-state index in [2.05, 4.69) is 45.0 Å². The smallest absolute Gasteiger partial charge is 0.350 e. The van der Waals surface area contributed by atoms with E-state index < -0.39 is 44.4 Å². The predicted molar refractivity (Wildman–Crippen MR) is 135 cm³/mol. The van der Waals surface area contributed by atoms with Gasteiger partial charge in [0.2, 0.25) is 6.10 Å². The molecular weight excluding hydrogens is 464 g/mol. The van der Waals surface area contributed by atoms with E-state index in [1.165, 1.54) is 14.0 Å². The quantitative estimate of drug-likeness (QED) is 0.407. The first-order chi connectivity index (χ1) is 16.4. The van der Waals surface area contributed by atoms with Crippen molar-refractivity contribution in [3.63, 3.8) is 0 Å². The molecule has 0 bridgehead atoms. The van der Waals surface area contributed by atoms with Crippen molar-refractivity contribution in [2.24, 2.45) is 0 Å². The van der Waals surface area contributed by atoms with Gasteiger partial charge in [-0.15, -0.1) is 0 Å². The summed E-state index contributed by atoms with van der Waals surface area (Å²) in [5, 5.41) is 2.01. The molecule has 1 unspecified atom stereocenters. The van der Waals surface area contributed by atoms with Gasteiger partial charge in [0.15, 0.2) is 5.79 Å². The SMILES string of the molecule is COC(=O)C(OC(C)=O)[C@@H]1OC(C)(C)O[C@H]1CO[Si](c1ccccc1)(c1ccccc1)C(C)(C)C. The maximum Gasteiger partial charge on any atom is 0.350 e. The molecule has 1 aliphatic heterocycles. The van der Waals surface area contributed by atoms with E-state index in [0.29, 0.717) is 0 Å². The zero-order valence-electron chi connectivity index (χ0n) is 21.6. The van der Waals surface area contributed by atoms with E-state index in [-0.39, 0.29) is 11.6 Å². The molecule has 1 saturated heterocycles. The molecule has 1 fully saturated rings. The lowest BCUT2D eigenvalue weighted by molar-refractivity contribution is -0.183. The minimum absolute atomic E-state index is 0.135. The molecule has 3 rings (SSSR count). The van der Waals surface area contributed by atoms with Gasteiger partial charge in [0, 0.05) is 6.92 Å². The molecule has 0 saturated carbocycles. The number of methoxy groups -OCH3 is 1. The Hall–Kier alpha value is -2.52. The highest BCUT2D eigenvalue weighted by molar-refractivity contribution is 6.99. The lowest BCUT2D eigenvalue weighted by Crippen LogP contribution is -2.67. The van der Waals surface area contributed by atoms with E-state index >= 15 is 0 Å². The van der Waals surface area contributed by atoms with Crippen molar-refractivity contribution >= 4 is 30.6 Å². The van der Waals surface area contributed by atoms with Gasteiger partial charge in [0.05, 0.1) is 13.7 Å². The molecule has 3 atom stereocenters. The maximum absolute atomic E-state index is 12.5. The van der Waals surface area contributed by atoms with Crippen LogP contribution in [0.25, 0.3) is 0 Å². The van der Waals surface area contributed by atoms with Gasteiger partial charge in [0.25, 0.3) is 8.32 Å². The minimum atomic E-state index is -2.85. The molecular formula is C27H36O7Si. The van der Waals surface area contributed by atoms with Crippen LogP contribution in [0, 0.1) is 0 Å². The van der Waals surface area contributed by atoms with E-state index in [4.69, 9.17) is 23.4 Å². The fraction of sp³-hybridized carbons (Fsp3) is 0.481. The van der Waals surface area contributed by atoms with E-state index in [1.807, 2.05) is 36.4 Å². The minimum Gasteiger partial charge on any atom is -0.466 e. The third-order valence-electron chi connectivity index (χ3n) is 6.13. The fourth-order valence-corrected chi connectivity index (χ4v) is 9.33. The van der Waals surface area contributed by atoms with Crippen LogP contribution in [0.5, 0.6) is 0 Å². The van der Waals surface area contributed by atoms with Crippen LogP contribution in [0.3, 0.4) is 0 Å². The van der Waals surface area contributed by atoms with Crippen molar-refractivity contribution < 1.29 is 33.0 Å². The first-order valence-electron chi connectivity index (χ1n) is 11.8. The Morgan fingerprint density at radius 3 is 1.91 bits per heavy atom. The Balaban J connectivity index is 2.03. The van der Waals surface area contributed by atoms with Crippen LogP contribution >= 0.6 is 0 Å². The van der Waals surface area contributed by atoms with Crippen molar-refractivity contribution in [3.8, 4) is 0 Å². The van der Waals surface area contributed by atoms with E-state index in [1.54, 1.807) is 13.8 Å². The number of hydrogen-bond donors (Lipinski definition) is 0. The van der Waals surface area contributed by atoms with E-state index in [0.717, 1.165) is 10.4 Å². The summed E-state index contributed by atoms with van der Waals surface area (Å²) in [6.45, 7) is 11.4. The van der Waals surface area contributed by atoms with Crippen LogP contribution in [0.4, 0.5) is 0 Å². The highest BCUT2D eigenvalue weighted by atomic mass is 28.4. The zero-order valence-corrected chi connectivity index (χ0v) is 22.6. The molecule has 2 aromatic rings. The number of ether oxygens (including phenoxy) is 4. The molecule has 0 aromatic heterocycles. The Bertz CT molecular complexity index is 962. The highest BCUT2D eigenvalue weighted by Gasteiger charge is 2.54. The number of rotatable bonds is 8. The first kappa shape index (κ1) is 27.1. The average Bonchev–Trinajstić information content (AvgIpc) is 3.12. The summed E-state index contributed by atoms with van der Waals surface area (Å²) in [5.74, 6) is -2.32. The van der Waals surface area contributed by atoms with Crippen LogP contribution in [0.15, 0.2) is 60.7 Å². The number of benzene rings is 2. The predicted octanol–water partition coefficient (Wildman–Crippen LogP) is 3.19. The number of esters is 2. The lowest BCUT2D eigenvalue weighted by atomic mass is 10.1. The summed E-state index contributed by atoms with van der Waals surface area (Å²) in [5.41, 5.74) is 0. The van der Waals surface area contributed by atoms with Crippen molar-refractivity contribution in [2.75, 3.05) is 13.7 Å². The number of carbonyl (C=O) groups is 2. The standard InChI is InChI=1S/C27H36O7Si/c1-19(28)32-24(25(29)30-7)23-22(33-27(5,6)34-23)18-31-35(26(2,3)4,20-14-10-8-11-15-20)21-16-12-9-13-17-21/h8-17,22-24H,18H2,1-7H3/t22-,23+,24?/m0/s1. The number of carbonyl (C=O) groups excluding carboxylic acids is 2. The summed E-state index contributed by atoms with van der Waals surface area (Å²) in [4.78, 5) is 24.3. The third kappa shape index (κ3) is 5.83. The monoisotopic (exact) mass is 500 g/mol. The van der Waals surface area contributed by atoms with Gasteiger partial charge >= 0.3 is 11.9 Å². The van der Waals surface area contributed by atoms with Gasteiger partial charge in [-0.1, -0.05) is 81.4 Å². The third-order valence-corrected chi connectivity index (χ3v) is 11.1. The largest absolute Gasteiger partial charge is 0.466 e. The molecule has 0 N–H and O–H groups in total. The maximum atomic E-state index is 12.5. The molecule has 0 spiro atoms. The van der Waals surface area contributed by atoms with Crippen LogP contribution in [0.2, 0.25) is 5.04 Å². The normalized spacial score (nSPS) is 20.8. The van der Waals surface area contributed by atoms with E-state index in [9.17, 15) is 9.59 Å². The van der Waals surface area contributed by atoms with Gasteiger partial charge in [-0.05, 0) is 29.3 Å². The van der Waals surface area contributed by atoms with Crippen molar-refractivity contribution in [1.29, 1.82) is 0 Å². The summed E-state index contributed by atoms with van der Waals surface area (Å²) in [6, 6.07) is 20.5. The first-order valence-corrected chi connectivity index (χ1v) is 13.7. The molecule has 0 radical (unpaired) electrons. The number of hydrogen-bond acceptors (Lipinski definition) is 7. The molecule has 0 amide bonds. The Morgan fingerprint density at radius 1 is 0.971 bits per heavy atom. The van der Waals surface area contributed by atoms with Crippen LogP contribution in [-0.4, -0.2) is 58.1 Å².